The number of halogens is 1. The molecule has 3 rings (SSSR count). The molecule has 3 aromatic rings. The van der Waals surface area contributed by atoms with E-state index >= 15 is 0 Å². The van der Waals surface area contributed by atoms with E-state index in [4.69, 9.17) is 0 Å². The highest BCUT2D eigenvalue weighted by Crippen LogP contribution is 2.15. The first-order valence-corrected chi connectivity index (χ1v) is 7.04. The van der Waals surface area contributed by atoms with Crippen LogP contribution in [-0.4, -0.2) is 14.5 Å². The Kier molecular flexibility index (Phi) is 3.78. The van der Waals surface area contributed by atoms with Crippen LogP contribution in [0.3, 0.4) is 0 Å². The summed E-state index contributed by atoms with van der Waals surface area (Å²) in [6, 6.07) is 14.1. The van der Waals surface area contributed by atoms with Crippen molar-refractivity contribution in [2.45, 2.75) is 6.54 Å². The third-order valence-electron chi connectivity index (χ3n) is 2.90. The Morgan fingerprint density at radius 1 is 1.15 bits per heavy atom. The lowest BCUT2D eigenvalue weighted by Gasteiger charge is -2.08. The molecule has 2 heterocycles. The van der Waals surface area contributed by atoms with Crippen molar-refractivity contribution >= 4 is 21.6 Å². The van der Waals surface area contributed by atoms with Crippen molar-refractivity contribution < 1.29 is 0 Å². The number of anilines is 1. The van der Waals surface area contributed by atoms with Crippen LogP contribution >= 0.6 is 15.9 Å². The van der Waals surface area contributed by atoms with Gasteiger partial charge in [-0.15, -0.1) is 0 Å². The van der Waals surface area contributed by atoms with Crippen LogP contribution in [0.5, 0.6) is 0 Å². The van der Waals surface area contributed by atoms with E-state index in [0.29, 0.717) is 6.54 Å². The Morgan fingerprint density at radius 2 is 2.05 bits per heavy atom. The Bertz CT molecular complexity index is 695. The Hall–Kier alpha value is -2.14. The Balaban J connectivity index is 1.73. The molecule has 0 saturated carbocycles. The van der Waals surface area contributed by atoms with E-state index in [2.05, 4.69) is 37.3 Å². The second-order valence-corrected chi connectivity index (χ2v) is 5.14. The van der Waals surface area contributed by atoms with Gasteiger partial charge in [0.1, 0.15) is 4.60 Å². The Morgan fingerprint density at radius 3 is 2.85 bits per heavy atom. The first-order chi connectivity index (χ1) is 9.81. The van der Waals surface area contributed by atoms with Crippen LogP contribution < -0.4 is 5.32 Å². The maximum Gasteiger partial charge on any atom is 0.106 e. The lowest BCUT2D eigenvalue weighted by Crippen LogP contribution is -2.02. The number of aromatic nitrogens is 3. The van der Waals surface area contributed by atoms with Gasteiger partial charge in [-0.3, -0.25) is 0 Å². The lowest BCUT2D eigenvalue weighted by atomic mass is 10.2. The molecular formula is C15H13BrN4. The quantitative estimate of drug-likeness (QED) is 0.743. The van der Waals surface area contributed by atoms with Crippen LogP contribution in [0.1, 0.15) is 5.69 Å². The Labute approximate surface area is 125 Å². The van der Waals surface area contributed by atoms with Crippen molar-refractivity contribution in [3.05, 3.63) is 71.5 Å². The van der Waals surface area contributed by atoms with Gasteiger partial charge in [-0.25, -0.2) is 9.97 Å². The maximum atomic E-state index is 4.40. The molecule has 0 amide bonds. The first-order valence-electron chi connectivity index (χ1n) is 6.25. The molecule has 0 spiro atoms. The average Bonchev–Trinajstić information content (AvgIpc) is 3.00. The molecular weight excluding hydrogens is 316 g/mol. The highest BCUT2D eigenvalue weighted by molar-refractivity contribution is 9.10. The van der Waals surface area contributed by atoms with Crippen molar-refractivity contribution in [1.82, 2.24) is 14.5 Å². The predicted molar refractivity (Wildman–Crippen MR) is 82.8 cm³/mol. The zero-order valence-electron chi connectivity index (χ0n) is 10.7. The maximum absolute atomic E-state index is 4.40. The molecule has 0 unspecified atom stereocenters. The summed E-state index contributed by atoms with van der Waals surface area (Å²) in [6.07, 6.45) is 5.48. The van der Waals surface area contributed by atoms with Gasteiger partial charge in [0.15, 0.2) is 0 Å². The fourth-order valence-electron chi connectivity index (χ4n) is 1.93. The van der Waals surface area contributed by atoms with Crippen LogP contribution in [-0.2, 0) is 6.54 Å². The second-order valence-electron chi connectivity index (χ2n) is 4.33. The summed E-state index contributed by atoms with van der Waals surface area (Å²) < 4.78 is 2.83. The monoisotopic (exact) mass is 328 g/mol. The summed E-state index contributed by atoms with van der Waals surface area (Å²) in [7, 11) is 0. The average molecular weight is 329 g/mol. The first kappa shape index (κ1) is 12.9. The van der Waals surface area contributed by atoms with Crippen LogP contribution in [0, 0.1) is 0 Å². The number of nitrogens with one attached hydrogen (secondary N) is 1. The van der Waals surface area contributed by atoms with Crippen LogP contribution in [0.4, 0.5) is 5.69 Å². The molecule has 1 N–H and O–H groups in total. The third kappa shape index (κ3) is 3.05. The van der Waals surface area contributed by atoms with Gasteiger partial charge in [0.2, 0.25) is 0 Å². The van der Waals surface area contributed by atoms with Gasteiger partial charge in [0.25, 0.3) is 0 Å². The van der Waals surface area contributed by atoms with E-state index in [0.717, 1.165) is 21.7 Å². The second kappa shape index (κ2) is 5.88. The number of nitrogens with zero attached hydrogens (tertiary/aromatic N) is 3. The highest BCUT2D eigenvalue weighted by atomic mass is 79.9. The van der Waals surface area contributed by atoms with Gasteiger partial charge in [-0.2, -0.15) is 0 Å². The number of imidazole rings is 1. The topological polar surface area (TPSA) is 42.7 Å². The van der Waals surface area contributed by atoms with Gasteiger partial charge in [-0.05, 0) is 46.3 Å². The molecule has 0 aliphatic carbocycles. The summed E-state index contributed by atoms with van der Waals surface area (Å²) >= 11 is 3.38. The highest BCUT2D eigenvalue weighted by Gasteiger charge is 1.99. The van der Waals surface area contributed by atoms with E-state index in [1.165, 1.54) is 0 Å². The summed E-state index contributed by atoms with van der Waals surface area (Å²) in [4.78, 5) is 8.46. The third-order valence-corrected chi connectivity index (χ3v) is 3.34. The van der Waals surface area contributed by atoms with Crippen molar-refractivity contribution in [2.75, 3.05) is 5.32 Å². The molecule has 100 valence electrons. The van der Waals surface area contributed by atoms with Crippen molar-refractivity contribution in [1.29, 1.82) is 0 Å². The lowest BCUT2D eigenvalue weighted by molar-refractivity contribution is 1.02. The smallest absolute Gasteiger partial charge is 0.106 e. The number of hydrogen-bond acceptors (Lipinski definition) is 3. The van der Waals surface area contributed by atoms with E-state index < -0.39 is 0 Å². The minimum absolute atomic E-state index is 0.687. The van der Waals surface area contributed by atoms with Gasteiger partial charge < -0.3 is 9.88 Å². The van der Waals surface area contributed by atoms with E-state index in [1.54, 1.807) is 12.5 Å². The standard InChI is InChI=1S/C15H13BrN4/c16-15-6-2-4-13(19-15)10-18-12-3-1-5-14(9-12)20-8-7-17-11-20/h1-9,11,18H,10H2. The molecule has 0 bridgehead atoms. The normalized spacial score (nSPS) is 10.4. The van der Waals surface area contributed by atoms with Crippen molar-refractivity contribution in [3.8, 4) is 5.69 Å². The fraction of sp³-hybridized carbons (Fsp3) is 0.0667. The summed E-state index contributed by atoms with van der Waals surface area (Å²) in [5.74, 6) is 0. The number of benzene rings is 1. The van der Waals surface area contributed by atoms with Crippen molar-refractivity contribution in [2.24, 2.45) is 0 Å². The molecule has 0 radical (unpaired) electrons. The van der Waals surface area contributed by atoms with Gasteiger partial charge >= 0.3 is 0 Å². The largest absolute Gasteiger partial charge is 0.379 e. The molecule has 0 aliphatic rings. The number of rotatable bonds is 4. The number of hydrogen-bond donors (Lipinski definition) is 1. The van der Waals surface area contributed by atoms with Crippen LogP contribution in [0.25, 0.3) is 5.69 Å². The fourth-order valence-corrected chi connectivity index (χ4v) is 2.31. The van der Waals surface area contributed by atoms with Gasteiger partial charge in [0.05, 0.1) is 18.6 Å². The molecule has 5 heteroatoms. The van der Waals surface area contributed by atoms with E-state index in [1.807, 2.05) is 47.2 Å². The molecule has 4 nitrogen and oxygen atoms in total. The van der Waals surface area contributed by atoms with Crippen LogP contribution in [0.15, 0.2) is 65.8 Å². The summed E-state index contributed by atoms with van der Waals surface area (Å²) in [6.45, 7) is 0.687. The molecule has 1 aromatic carbocycles. The summed E-state index contributed by atoms with van der Waals surface area (Å²) in [5.41, 5.74) is 3.13. The molecule has 20 heavy (non-hydrogen) atoms. The van der Waals surface area contributed by atoms with Gasteiger partial charge in [0, 0.05) is 23.8 Å². The number of pyridine rings is 1. The van der Waals surface area contributed by atoms with E-state index in [9.17, 15) is 0 Å². The van der Waals surface area contributed by atoms with Gasteiger partial charge in [-0.1, -0.05) is 12.1 Å². The minimum Gasteiger partial charge on any atom is -0.379 e. The summed E-state index contributed by atoms with van der Waals surface area (Å²) in [5, 5.41) is 3.37. The predicted octanol–water partition coefficient (Wildman–Crippen LogP) is 3.64. The minimum atomic E-state index is 0.687. The molecule has 0 saturated heterocycles. The zero-order valence-corrected chi connectivity index (χ0v) is 12.3. The molecule has 0 atom stereocenters. The zero-order chi connectivity index (χ0) is 13.8. The SMILES string of the molecule is Brc1cccc(CNc2cccc(-n3ccnc3)c2)n1. The van der Waals surface area contributed by atoms with Crippen LogP contribution in [0.2, 0.25) is 0 Å². The molecule has 2 aromatic heterocycles. The molecule has 0 aliphatic heterocycles. The molecule has 0 fully saturated rings. The van der Waals surface area contributed by atoms with E-state index in [-0.39, 0.29) is 0 Å². The van der Waals surface area contributed by atoms with Crippen molar-refractivity contribution in [3.63, 3.8) is 0 Å².